The third-order valence-electron chi connectivity index (χ3n) is 4.00. The molecule has 0 radical (unpaired) electrons. The predicted molar refractivity (Wildman–Crippen MR) is 88.8 cm³/mol. The van der Waals surface area contributed by atoms with E-state index in [0.717, 1.165) is 54.3 Å². The first-order valence-electron chi connectivity index (χ1n) is 7.97. The van der Waals surface area contributed by atoms with Crippen molar-refractivity contribution in [2.24, 2.45) is 0 Å². The van der Waals surface area contributed by atoms with Gasteiger partial charge in [-0.2, -0.15) is 0 Å². The number of hydrogen-bond donors (Lipinski definition) is 1. The summed E-state index contributed by atoms with van der Waals surface area (Å²) in [4.78, 5) is 26.6. The quantitative estimate of drug-likeness (QED) is 0.938. The maximum Gasteiger partial charge on any atom is 0.219 e. The molecule has 0 fully saturated rings. The summed E-state index contributed by atoms with van der Waals surface area (Å²) < 4.78 is 0. The molecule has 1 aliphatic heterocycles. The smallest absolute Gasteiger partial charge is 0.219 e. The number of anilines is 1. The minimum Gasteiger partial charge on any atom is -0.370 e. The van der Waals surface area contributed by atoms with Crippen molar-refractivity contribution >= 4 is 11.7 Å². The molecule has 6 nitrogen and oxygen atoms in total. The Labute approximate surface area is 136 Å². The van der Waals surface area contributed by atoms with Crippen molar-refractivity contribution in [2.45, 2.75) is 33.2 Å². The lowest BCUT2D eigenvalue weighted by Gasteiger charge is -2.27. The zero-order valence-corrected chi connectivity index (χ0v) is 13.5. The number of nitrogens with zero attached hydrogens (tertiary/aromatic N) is 4. The molecule has 0 saturated carbocycles. The normalized spacial score (nSPS) is 13.6. The first-order valence-corrected chi connectivity index (χ1v) is 7.97. The van der Waals surface area contributed by atoms with Crippen molar-refractivity contribution < 1.29 is 4.79 Å². The molecule has 120 valence electrons. The zero-order chi connectivity index (χ0) is 16.2. The summed E-state index contributed by atoms with van der Waals surface area (Å²) >= 11 is 0. The van der Waals surface area contributed by atoms with Crippen LogP contribution in [0.4, 0.5) is 5.82 Å². The highest BCUT2D eigenvalue weighted by Gasteiger charge is 2.19. The summed E-state index contributed by atoms with van der Waals surface area (Å²) in [5.74, 6) is 0.925. The molecule has 3 heterocycles. The molecule has 1 N–H and O–H groups in total. The number of rotatable bonds is 4. The highest BCUT2D eigenvalue weighted by molar-refractivity contribution is 5.73. The third kappa shape index (κ3) is 3.47. The van der Waals surface area contributed by atoms with Gasteiger partial charge in [-0.3, -0.25) is 9.78 Å². The highest BCUT2D eigenvalue weighted by atomic mass is 16.2. The summed E-state index contributed by atoms with van der Waals surface area (Å²) in [6.07, 6.45) is 5.27. The zero-order valence-electron chi connectivity index (χ0n) is 13.5. The Kier molecular flexibility index (Phi) is 4.50. The van der Waals surface area contributed by atoms with Gasteiger partial charge < -0.3 is 10.2 Å². The van der Waals surface area contributed by atoms with Crippen molar-refractivity contribution in [3.8, 4) is 11.3 Å². The van der Waals surface area contributed by atoms with Crippen molar-refractivity contribution in [2.75, 3.05) is 18.4 Å². The van der Waals surface area contributed by atoms with Gasteiger partial charge in [0.25, 0.3) is 0 Å². The molecular formula is C17H21N5O. The van der Waals surface area contributed by atoms with Crippen LogP contribution in [0.25, 0.3) is 11.3 Å². The van der Waals surface area contributed by atoms with Gasteiger partial charge in [0.1, 0.15) is 12.1 Å². The first-order chi connectivity index (χ1) is 11.2. The summed E-state index contributed by atoms with van der Waals surface area (Å²) in [6, 6.07) is 4.02. The lowest BCUT2D eigenvalue weighted by molar-refractivity contribution is -0.129. The molecule has 0 bridgehead atoms. The average Bonchev–Trinajstić information content (AvgIpc) is 2.59. The first kappa shape index (κ1) is 15.4. The van der Waals surface area contributed by atoms with Gasteiger partial charge in [-0.25, -0.2) is 9.97 Å². The van der Waals surface area contributed by atoms with E-state index < -0.39 is 0 Å². The van der Waals surface area contributed by atoms with Gasteiger partial charge in [-0.05, 0) is 18.1 Å². The SMILES string of the molecule is CCCNc1cc(-c2cnc3c(c2)CN(C(C)=O)CC3)ncn1. The standard InChI is InChI=1S/C17H21N5O/c1-3-5-18-17-8-16(20-11-21-17)13-7-14-10-22(12(2)23)6-4-15(14)19-9-13/h7-9,11H,3-6,10H2,1-2H3,(H,18,20,21). The van der Waals surface area contributed by atoms with Crippen LogP contribution in [-0.4, -0.2) is 38.8 Å². The molecule has 0 spiro atoms. The maximum atomic E-state index is 11.6. The van der Waals surface area contributed by atoms with Gasteiger partial charge in [0.15, 0.2) is 0 Å². The van der Waals surface area contributed by atoms with Crippen LogP contribution in [-0.2, 0) is 17.8 Å². The molecule has 1 amide bonds. The topological polar surface area (TPSA) is 71.0 Å². The van der Waals surface area contributed by atoms with Gasteiger partial charge >= 0.3 is 0 Å². The van der Waals surface area contributed by atoms with E-state index in [0.29, 0.717) is 6.54 Å². The van der Waals surface area contributed by atoms with E-state index in [9.17, 15) is 4.79 Å². The number of nitrogens with one attached hydrogen (secondary N) is 1. The molecule has 23 heavy (non-hydrogen) atoms. The summed E-state index contributed by atoms with van der Waals surface area (Å²) in [5.41, 5.74) is 3.97. The number of carbonyl (C=O) groups is 1. The predicted octanol–water partition coefficient (Wildman–Crippen LogP) is 2.27. The molecule has 6 heteroatoms. The molecule has 1 aliphatic rings. The molecule has 2 aromatic rings. The second-order valence-electron chi connectivity index (χ2n) is 5.74. The Hall–Kier alpha value is -2.50. The van der Waals surface area contributed by atoms with Gasteiger partial charge in [0.05, 0.1) is 5.69 Å². The fraction of sp³-hybridized carbons (Fsp3) is 0.412. The lowest BCUT2D eigenvalue weighted by atomic mass is 10.0. The molecule has 0 aromatic carbocycles. The third-order valence-corrected chi connectivity index (χ3v) is 4.00. The molecular weight excluding hydrogens is 290 g/mol. The molecule has 0 aliphatic carbocycles. The monoisotopic (exact) mass is 311 g/mol. The number of fused-ring (bicyclic) bond motifs is 1. The molecule has 0 unspecified atom stereocenters. The number of carbonyl (C=O) groups excluding carboxylic acids is 1. The highest BCUT2D eigenvalue weighted by Crippen LogP contribution is 2.24. The average molecular weight is 311 g/mol. The summed E-state index contributed by atoms with van der Waals surface area (Å²) in [7, 11) is 0. The van der Waals surface area contributed by atoms with Crippen molar-refractivity contribution in [3.63, 3.8) is 0 Å². The van der Waals surface area contributed by atoms with E-state index in [1.165, 1.54) is 0 Å². The van der Waals surface area contributed by atoms with E-state index in [4.69, 9.17) is 0 Å². The minimum atomic E-state index is 0.106. The Bertz CT molecular complexity index is 716. The number of hydrogen-bond acceptors (Lipinski definition) is 5. The van der Waals surface area contributed by atoms with Gasteiger partial charge in [-0.1, -0.05) is 6.92 Å². The second-order valence-corrected chi connectivity index (χ2v) is 5.74. The largest absolute Gasteiger partial charge is 0.370 e. The Morgan fingerprint density at radius 2 is 2.17 bits per heavy atom. The number of amides is 1. The van der Waals surface area contributed by atoms with Crippen LogP contribution in [0.2, 0.25) is 0 Å². The maximum absolute atomic E-state index is 11.6. The Morgan fingerprint density at radius 3 is 2.96 bits per heavy atom. The van der Waals surface area contributed by atoms with Crippen molar-refractivity contribution in [1.82, 2.24) is 19.9 Å². The van der Waals surface area contributed by atoms with E-state index in [1.807, 2.05) is 17.2 Å². The lowest BCUT2D eigenvalue weighted by Crippen LogP contribution is -2.34. The van der Waals surface area contributed by atoms with E-state index >= 15 is 0 Å². The van der Waals surface area contributed by atoms with Crippen molar-refractivity contribution in [3.05, 3.63) is 35.9 Å². The molecule has 2 aromatic heterocycles. The van der Waals surface area contributed by atoms with Gasteiger partial charge in [-0.15, -0.1) is 0 Å². The van der Waals surface area contributed by atoms with Crippen LogP contribution in [0, 0.1) is 0 Å². The van der Waals surface area contributed by atoms with Crippen LogP contribution in [0.5, 0.6) is 0 Å². The molecule has 0 atom stereocenters. The van der Waals surface area contributed by atoms with Gasteiger partial charge in [0.2, 0.25) is 5.91 Å². The minimum absolute atomic E-state index is 0.106. The van der Waals surface area contributed by atoms with E-state index in [-0.39, 0.29) is 5.91 Å². The summed E-state index contributed by atoms with van der Waals surface area (Å²) in [6.45, 7) is 5.97. The van der Waals surface area contributed by atoms with Crippen LogP contribution < -0.4 is 5.32 Å². The summed E-state index contributed by atoms with van der Waals surface area (Å²) in [5, 5.41) is 3.26. The van der Waals surface area contributed by atoms with Crippen LogP contribution in [0.15, 0.2) is 24.7 Å². The number of aromatic nitrogens is 3. The van der Waals surface area contributed by atoms with Crippen LogP contribution in [0.1, 0.15) is 31.5 Å². The van der Waals surface area contributed by atoms with E-state index in [1.54, 1.807) is 13.3 Å². The molecule has 0 saturated heterocycles. The molecule has 3 rings (SSSR count). The van der Waals surface area contributed by atoms with E-state index in [2.05, 4.69) is 33.3 Å². The second kappa shape index (κ2) is 6.73. The van der Waals surface area contributed by atoms with Crippen LogP contribution in [0.3, 0.4) is 0 Å². The Balaban J connectivity index is 1.87. The fourth-order valence-corrected chi connectivity index (χ4v) is 2.70. The fourth-order valence-electron chi connectivity index (χ4n) is 2.70. The van der Waals surface area contributed by atoms with Crippen LogP contribution >= 0.6 is 0 Å². The number of pyridine rings is 1. The van der Waals surface area contributed by atoms with Gasteiger partial charge in [0, 0.05) is 56.5 Å². The van der Waals surface area contributed by atoms with Crippen molar-refractivity contribution in [1.29, 1.82) is 0 Å². The Morgan fingerprint density at radius 1 is 1.30 bits per heavy atom.